The number of anilines is 2. The summed E-state index contributed by atoms with van der Waals surface area (Å²) in [7, 11) is 0. The summed E-state index contributed by atoms with van der Waals surface area (Å²) in [6, 6.07) is 15.0. The predicted octanol–water partition coefficient (Wildman–Crippen LogP) is 3.61. The molecule has 1 atom stereocenters. The third-order valence-corrected chi connectivity index (χ3v) is 5.90. The molecule has 2 fully saturated rings. The van der Waals surface area contributed by atoms with Gasteiger partial charge in [0.25, 0.3) is 5.91 Å². The minimum atomic E-state index is -0.268. The summed E-state index contributed by atoms with van der Waals surface area (Å²) in [5.41, 5.74) is 3.16. The van der Waals surface area contributed by atoms with Crippen molar-refractivity contribution in [3.63, 3.8) is 0 Å². The normalized spacial score (nSPS) is 19.1. The molecule has 2 saturated heterocycles. The molecule has 2 aromatic rings. The fraction of sp³-hybridized carbons (Fsp3) is 0.375. The lowest BCUT2D eigenvalue weighted by atomic mass is 9.96. The Morgan fingerprint density at radius 1 is 1.00 bits per heavy atom. The molecule has 0 radical (unpaired) electrons. The Morgan fingerprint density at radius 3 is 2.50 bits per heavy atom. The summed E-state index contributed by atoms with van der Waals surface area (Å²) < 4.78 is 0. The summed E-state index contributed by atoms with van der Waals surface area (Å²) in [5, 5.41) is 3.01. The number of amides is 3. The summed E-state index contributed by atoms with van der Waals surface area (Å²) in [5.74, 6) is -0.314. The number of hydrogen-bond donors (Lipinski definition) is 1. The second kappa shape index (κ2) is 8.69. The first kappa shape index (κ1) is 20.1. The molecule has 6 nitrogen and oxygen atoms in total. The maximum absolute atomic E-state index is 13.0. The van der Waals surface area contributed by atoms with Crippen LogP contribution in [0.3, 0.4) is 0 Å². The molecule has 0 aromatic heterocycles. The standard InChI is InChI=1S/C24H27N3O3/c1-17-10-12-18(13-11-17)24(30)26-14-4-6-19(16-26)23(29)25-20-7-2-3-8-21(20)27-15-5-9-22(27)28/h2-3,7-8,10-13,19H,4-6,9,14-16H2,1H3,(H,25,29). The van der Waals surface area contributed by atoms with Crippen molar-refractivity contribution in [2.45, 2.75) is 32.6 Å². The van der Waals surface area contributed by atoms with Gasteiger partial charge in [0.2, 0.25) is 11.8 Å². The third-order valence-electron chi connectivity index (χ3n) is 5.90. The van der Waals surface area contributed by atoms with Crippen LogP contribution in [0.4, 0.5) is 11.4 Å². The van der Waals surface area contributed by atoms with Gasteiger partial charge in [-0.2, -0.15) is 0 Å². The average Bonchev–Trinajstić information content (AvgIpc) is 3.20. The Morgan fingerprint density at radius 2 is 1.77 bits per heavy atom. The van der Waals surface area contributed by atoms with Gasteiger partial charge in [0.15, 0.2) is 0 Å². The van der Waals surface area contributed by atoms with E-state index in [1.54, 1.807) is 9.80 Å². The van der Waals surface area contributed by atoms with E-state index in [1.165, 1.54) is 0 Å². The monoisotopic (exact) mass is 405 g/mol. The van der Waals surface area contributed by atoms with E-state index < -0.39 is 0 Å². The minimum absolute atomic E-state index is 0.0319. The molecule has 3 amide bonds. The Labute approximate surface area is 176 Å². The number of hydrogen-bond acceptors (Lipinski definition) is 3. The van der Waals surface area contributed by atoms with E-state index in [0.717, 1.165) is 30.5 Å². The molecule has 1 unspecified atom stereocenters. The molecule has 6 heteroatoms. The molecular weight excluding hydrogens is 378 g/mol. The molecule has 0 spiro atoms. The highest BCUT2D eigenvalue weighted by Gasteiger charge is 2.30. The van der Waals surface area contributed by atoms with Gasteiger partial charge in [0.1, 0.15) is 0 Å². The second-order valence-corrected chi connectivity index (χ2v) is 8.11. The van der Waals surface area contributed by atoms with E-state index in [4.69, 9.17) is 0 Å². The van der Waals surface area contributed by atoms with Gasteiger partial charge in [-0.05, 0) is 50.5 Å². The fourth-order valence-corrected chi connectivity index (χ4v) is 4.21. The van der Waals surface area contributed by atoms with Gasteiger partial charge in [-0.25, -0.2) is 0 Å². The van der Waals surface area contributed by atoms with Crippen LogP contribution in [0.25, 0.3) is 0 Å². The van der Waals surface area contributed by atoms with E-state index in [2.05, 4.69) is 5.32 Å². The van der Waals surface area contributed by atoms with Gasteiger partial charge in [-0.3, -0.25) is 14.4 Å². The summed E-state index contributed by atoms with van der Waals surface area (Å²) in [4.78, 5) is 41.5. The SMILES string of the molecule is Cc1ccc(C(=O)N2CCCC(C(=O)Nc3ccccc3N3CCCC3=O)C2)cc1. The first-order chi connectivity index (χ1) is 14.5. The van der Waals surface area contributed by atoms with Crippen molar-refractivity contribution in [3.05, 3.63) is 59.7 Å². The van der Waals surface area contributed by atoms with Crippen LogP contribution in [0.2, 0.25) is 0 Å². The Bertz CT molecular complexity index is 954. The lowest BCUT2D eigenvalue weighted by molar-refractivity contribution is -0.121. The molecule has 2 aromatic carbocycles. The van der Waals surface area contributed by atoms with Gasteiger partial charge < -0.3 is 15.1 Å². The largest absolute Gasteiger partial charge is 0.338 e. The quantitative estimate of drug-likeness (QED) is 0.845. The molecule has 2 aliphatic rings. The number of carbonyl (C=O) groups excluding carboxylic acids is 3. The van der Waals surface area contributed by atoms with E-state index >= 15 is 0 Å². The minimum Gasteiger partial charge on any atom is -0.338 e. The van der Waals surface area contributed by atoms with Gasteiger partial charge in [0, 0.05) is 31.6 Å². The Kier molecular flexibility index (Phi) is 5.84. The molecule has 2 heterocycles. The van der Waals surface area contributed by atoms with Crippen LogP contribution in [-0.4, -0.2) is 42.3 Å². The van der Waals surface area contributed by atoms with Gasteiger partial charge in [-0.15, -0.1) is 0 Å². The topological polar surface area (TPSA) is 69.7 Å². The average molecular weight is 405 g/mol. The summed E-state index contributed by atoms with van der Waals surface area (Å²) in [6.07, 6.45) is 2.91. The number of piperidine rings is 1. The number of aryl methyl sites for hydroxylation is 1. The van der Waals surface area contributed by atoms with Crippen LogP contribution < -0.4 is 10.2 Å². The predicted molar refractivity (Wildman–Crippen MR) is 116 cm³/mol. The lowest BCUT2D eigenvalue weighted by Crippen LogP contribution is -2.43. The highest BCUT2D eigenvalue weighted by atomic mass is 16.2. The molecule has 156 valence electrons. The zero-order valence-electron chi connectivity index (χ0n) is 17.3. The van der Waals surface area contributed by atoms with Crippen LogP contribution >= 0.6 is 0 Å². The molecule has 2 aliphatic heterocycles. The molecule has 30 heavy (non-hydrogen) atoms. The summed E-state index contributed by atoms with van der Waals surface area (Å²) in [6.45, 7) is 3.73. The van der Waals surface area contributed by atoms with Crippen molar-refractivity contribution in [1.82, 2.24) is 4.90 Å². The Balaban J connectivity index is 1.45. The third kappa shape index (κ3) is 4.22. The number of likely N-dealkylation sites (tertiary alicyclic amines) is 1. The van der Waals surface area contributed by atoms with Crippen LogP contribution in [0.1, 0.15) is 41.6 Å². The molecular formula is C24H27N3O3. The zero-order chi connectivity index (χ0) is 21.1. The van der Waals surface area contributed by atoms with Gasteiger partial charge in [0.05, 0.1) is 17.3 Å². The van der Waals surface area contributed by atoms with Crippen molar-refractivity contribution in [2.24, 2.45) is 5.92 Å². The first-order valence-corrected chi connectivity index (χ1v) is 10.6. The first-order valence-electron chi connectivity index (χ1n) is 10.6. The molecule has 0 aliphatic carbocycles. The highest BCUT2D eigenvalue weighted by molar-refractivity contribution is 6.03. The van der Waals surface area contributed by atoms with Crippen LogP contribution in [0, 0.1) is 12.8 Å². The van der Waals surface area contributed by atoms with E-state index in [1.807, 2.05) is 55.5 Å². The smallest absolute Gasteiger partial charge is 0.253 e. The van der Waals surface area contributed by atoms with Crippen molar-refractivity contribution < 1.29 is 14.4 Å². The van der Waals surface area contributed by atoms with Crippen molar-refractivity contribution in [3.8, 4) is 0 Å². The Hall–Kier alpha value is -3.15. The van der Waals surface area contributed by atoms with E-state index in [0.29, 0.717) is 37.3 Å². The summed E-state index contributed by atoms with van der Waals surface area (Å²) >= 11 is 0. The van der Waals surface area contributed by atoms with E-state index in [-0.39, 0.29) is 23.6 Å². The van der Waals surface area contributed by atoms with Crippen LogP contribution in [0.5, 0.6) is 0 Å². The number of benzene rings is 2. The van der Waals surface area contributed by atoms with Gasteiger partial charge in [-0.1, -0.05) is 29.8 Å². The molecule has 0 bridgehead atoms. The van der Waals surface area contributed by atoms with E-state index in [9.17, 15) is 14.4 Å². The fourth-order valence-electron chi connectivity index (χ4n) is 4.21. The number of para-hydroxylation sites is 2. The van der Waals surface area contributed by atoms with Crippen molar-refractivity contribution in [2.75, 3.05) is 29.9 Å². The molecule has 4 rings (SSSR count). The van der Waals surface area contributed by atoms with Crippen molar-refractivity contribution >= 4 is 29.1 Å². The number of carbonyl (C=O) groups is 3. The van der Waals surface area contributed by atoms with Crippen molar-refractivity contribution in [1.29, 1.82) is 0 Å². The number of rotatable bonds is 4. The highest BCUT2D eigenvalue weighted by Crippen LogP contribution is 2.30. The molecule has 0 saturated carbocycles. The van der Waals surface area contributed by atoms with Gasteiger partial charge >= 0.3 is 0 Å². The maximum atomic E-state index is 13.0. The maximum Gasteiger partial charge on any atom is 0.253 e. The van der Waals surface area contributed by atoms with Crippen LogP contribution in [-0.2, 0) is 9.59 Å². The zero-order valence-corrected chi connectivity index (χ0v) is 17.3. The lowest BCUT2D eigenvalue weighted by Gasteiger charge is -2.32. The van der Waals surface area contributed by atoms with Crippen LogP contribution in [0.15, 0.2) is 48.5 Å². The second-order valence-electron chi connectivity index (χ2n) is 8.11. The molecule has 1 N–H and O–H groups in total. The number of nitrogens with zero attached hydrogens (tertiary/aromatic N) is 2. The number of nitrogens with one attached hydrogen (secondary N) is 1.